The fraction of sp³-hybridized carbons (Fsp3) is 0.150. The summed E-state index contributed by atoms with van der Waals surface area (Å²) in [5.74, 6) is 1.32. The van der Waals surface area contributed by atoms with Crippen LogP contribution in [0.3, 0.4) is 0 Å². The summed E-state index contributed by atoms with van der Waals surface area (Å²) in [6.45, 7) is 1.02. The van der Waals surface area contributed by atoms with Gasteiger partial charge in [-0.05, 0) is 35.4 Å². The van der Waals surface area contributed by atoms with Gasteiger partial charge in [-0.2, -0.15) is 0 Å². The van der Waals surface area contributed by atoms with Gasteiger partial charge in [-0.3, -0.25) is 4.79 Å². The minimum atomic E-state index is -0.335. The number of hydrogen-bond donors (Lipinski definition) is 2. The lowest BCUT2D eigenvalue weighted by Crippen LogP contribution is -2.24. The van der Waals surface area contributed by atoms with Gasteiger partial charge in [0.25, 0.3) is 5.91 Å². The van der Waals surface area contributed by atoms with Crippen LogP contribution < -0.4 is 20.1 Å². The predicted octanol–water partition coefficient (Wildman–Crippen LogP) is 2.89. The summed E-state index contributed by atoms with van der Waals surface area (Å²) >= 11 is 0. The molecule has 3 aromatic rings. The van der Waals surface area contributed by atoms with Crippen molar-refractivity contribution >= 4 is 11.7 Å². The second-order valence-corrected chi connectivity index (χ2v) is 6.14. The Kier molecular flexibility index (Phi) is 5.01. The number of nitrogens with zero attached hydrogens (tertiary/aromatic N) is 2. The molecule has 8 heteroatoms. The van der Waals surface area contributed by atoms with E-state index in [0.717, 1.165) is 16.9 Å². The summed E-state index contributed by atoms with van der Waals surface area (Å²) in [7, 11) is 0. The van der Waals surface area contributed by atoms with E-state index in [1.54, 1.807) is 18.2 Å². The third kappa shape index (κ3) is 4.17. The van der Waals surface area contributed by atoms with Gasteiger partial charge in [0, 0.05) is 19.2 Å². The van der Waals surface area contributed by atoms with Crippen LogP contribution in [-0.4, -0.2) is 22.7 Å². The van der Waals surface area contributed by atoms with E-state index in [-0.39, 0.29) is 30.8 Å². The zero-order valence-electron chi connectivity index (χ0n) is 14.8. The minimum absolute atomic E-state index is 0.231. The highest BCUT2D eigenvalue weighted by atomic mass is 19.1. The van der Waals surface area contributed by atoms with E-state index >= 15 is 0 Å². The van der Waals surface area contributed by atoms with E-state index in [0.29, 0.717) is 18.1 Å². The van der Waals surface area contributed by atoms with Gasteiger partial charge < -0.3 is 20.1 Å². The van der Waals surface area contributed by atoms with Crippen LogP contribution in [0.5, 0.6) is 11.5 Å². The number of carbonyl (C=O) groups is 1. The summed E-state index contributed by atoms with van der Waals surface area (Å²) < 4.78 is 23.6. The average Bonchev–Trinajstić information content (AvgIpc) is 3.20. The highest BCUT2D eigenvalue weighted by Gasteiger charge is 2.13. The van der Waals surface area contributed by atoms with E-state index < -0.39 is 0 Å². The van der Waals surface area contributed by atoms with Crippen molar-refractivity contribution in [3.05, 3.63) is 77.5 Å². The summed E-state index contributed by atoms with van der Waals surface area (Å²) in [5.41, 5.74) is 2.03. The average molecular weight is 380 g/mol. The molecular formula is C20H17FN4O3. The zero-order valence-corrected chi connectivity index (χ0v) is 14.8. The van der Waals surface area contributed by atoms with E-state index in [4.69, 9.17) is 9.47 Å². The molecule has 0 bridgehead atoms. The third-order valence-electron chi connectivity index (χ3n) is 4.18. The van der Waals surface area contributed by atoms with Gasteiger partial charge in [0.15, 0.2) is 11.5 Å². The number of rotatable bonds is 6. The molecule has 4 rings (SSSR count). The second-order valence-electron chi connectivity index (χ2n) is 6.14. The number of benzene rings is 2. The Bertz CT molecular complexity index is 995. The SMILES string of the molecule is O=C(NCc1ccc(F)cc1)c1cc(NCc2ccc3c(c2)OCO3)ncn1. The Balaban J connectivity index is 1.35. The maximum atomic E-state index is 12.9. The van der Waals surface area contributed by atoms with Crippen molar-refractivity contribution in [3.8, 4) is 11.5 Å². The van der Waals surface area contributed by atoms with Crippen molar-refractivity contribution in [2.45, 2.75) is 13.1 Å². The van der Waals surface area contributed by atoms with Gasteiger partial charge in [-0.25, -0.2) is 14.4 Å². The van der Waals surface area contributed by atoms with Crippen molar-refractivity contribution < 1.29 is 18.7 Å². The zero-order chi connectivity index (χ0) is 19.3. The molecule has 0 saturated carbocycles. The van der Waals surface area contributed by atoms with E-state index in [1.165, 1.54) is 18.5 Å². The number of amides is 1. The molecule has 2 N–H and O–H groups in total. The van der Waals surface area contributed by atoms with Gasteiger partial charge in [-0.15, -0.1) is 0 Å². The van der Waals surface area contributed by atoms with Crippen LogP contribution >= 0.6 is 0 Å². The van der Waals surface area contributed by atoms with E-state index in [9.17, 15) is 9.18 Å². The largest absolute Gasteiger partial charge is 0.454 e. The van der Waals surface area contributed by atoms with Crippen LogP contribution in [0.1, 0.15) is 21.6 Å². The molecular weight excluding hydrogens is 363 g/mol. The van der Waals surface area contributed by atoms with Gasteiger partial charge >= 0.3 is 0 Å². The van der Waals surface area contributed by atoms with Crippen LogP contribution in [0.2, 0.25) is 0 Å². The molecule has 1 amide bonds. The first-order chi connectivity index (χ1) is 13.7. The van der Waals surface area contributed by atoms with Crippen molar-refractivity contribution in [3.63, 3.8) is 0 Å². The number of nitrogens with one attached hydrogen (secondary N) is 2. The Morgan fingerprint density at radius 1 is 0.964 bits per heavy atom. The summed E-state index contributed by atoms with van der Waals surface area (Å²) in [5, 5.41) is 5.91. The van der Waals surface area contributed by atoms with Crippen LogP contribution in [0, 0.1) is 5.82 Å². The summed E-state index contributed by atoms with van der Waals surface area (Å²) in [6, 6.07) is 13.2. The smallest absolute Gasteiger partial charge is 0.270 e. The Morgan fingerprint density at radius 3 is 2.61 bits per heavy atom. The molecule has 0 spiro atoms. The van der Waals surface area contributed by atoms with E-state index in [1.807, 2.05) is 18.2 Å². The molecule has 0 radical (unpaired) electrons. The van der Waals surface area contributed by atoms with E-state index in [2.05, 4.69) is 20.6 Å². The molecule has 0 unspecified atom stereocenters. The highest BCUT2D eigenvalue weighted by Crippen LogP contribution is 2.32. The Morgan fingerprint density at radius 2 is 1.75 bits per heavy atom. The number of halogens is 1. The monoisotopic (exact) mass is 380 g/mol. The lowest BCUT2D eigenvalue weighted by molar-refractivity contribution is 0.0945. The normalized spacial score (nSPS) is 11.9. The third-order valence-corrected chi connectivity index (χ3v) is 4.18. The summed E-state index contributed by atoms with van der Waals surface area (Å²) in [4.78, 5) is 20.5. The van der Waals surface area contributed by atoms with Gasteiger partial charge in [0.2, 0.25) is 6.79 Å². The molecule has 0 fully saturated rings. The number of aromatic nitrogens is 2. The van der Waals surface area contributed by atoms with Crippen molar-refractivity contribution in [2.75, 3.05) is 12.1 Å². The molecule has 28 heavy (non-hydrogen) atoms. The van der Waals surface area contributed by atoms with Crippen LogP contribution in [-0.2, 0) is 13.1 Å². The van der Waals surface area contributed by atoms with Crippen molar-refractivity contribution in [2.24, 2.45) is 0 Å². The number of hydrogen-bond acceptors (Lipinski definition) is 6. The molecule has 1 aliphatic rings. The van der Waals surface area contributed by atoms with Crippen molar-refractivity contribution in [1.29, 1.82) is 0 Å². The molecule has 2 heterocycles. The molecule has 1 aromatic heterocycles. The van der Waals surface area contributed by atoms with Crippen LogP contribution in [0.15, 0.2) is 54.9 Å². The quantitative estimate of drug-likeness (QED) is 0.684. The maximum Gasteiger partial charge on any atom is 0.270 e. The number of anilines is 1. The lowest BCUT2D eigenvalue weighted by Gasteiger charge is -2.08. The second kappa shape index (κ2) is 7.91. The molecule has 2 aromatic carbocycles. The summed E-state index contributed by atoms with van der Waals surface area (Å²) in [6.07, 6.45) is 1.33. The van der Waals surface area contributed by atoms with Gasteiger partial charge in [0.05, 0.1) is 0 Å². The lowest BCUT2D eigenvalue weighted by atomic mass is 10.2. The first-order valence-corrected chi connectivity index (χ1v) is 8.64. The Hall–Kier alpha value is -3.68. The molecule has 142 valence electrons. The number of carbonyl (C=O) groups excluding carboxylic acids is 1. The highest BCUT2D eigenvalue weighted by molar-refractivity contribution is 5.92. The van der Waals surface area contributed by atoms with Gasteiger partial charge in [-0.1, -0.05) is 18.2 Å². The predicted molar refractivity (Wildman–Crippen MR) is 99.5 cm³/mol. The number of fused-ring (bicyclic) bond motifs is 1. The first-order valence-electron chi connectivity index (χ1n) is 8.64. The van der Waals surface area contributed by atoms with Crippen LogP contribution in [0.4, 0.5) is 10.2 Å². The van der Waals surface area contributed by atoms with Crippen molar-refractivity contribution in [1.82, 2.24) is 15.3 Å². The topological polar surface area (TPSA) is 85.4 Å². The standard InChI is InChI=1S/C20H17FN4O3/c21-15-4-1-13(2-5-15)9-23-20(26)16-8-19(25-11-24-16)22-10-14-3-6-17-18(7-14)28-12-27-17/h1-8,11H,9-10,12H2,(H,23,26)(H,22,24,25). The minimum Gasteiger partial charge on any atom is -0.454 e. The molecule has 0 saturated heterocycles. The fourth-order valence-corrected chi connectivity index (χ4v) is 2.70. The molecule has 0 aliphatic carbocycles. The molecule has 7 nitrogen and oxygen atoms in total. The van der Waals surface area contributed by atoms with Gasteiger partial charge in [0.1, 0.15) is 23.7 Å². The number of ether oxygens (including phenoxy) is 2. The molecule has 0 atom stereocenters. The molecule has 1 aliphatic heterocycles. The van der Waals surface area contributed by atoms with Crippen LogP contribution in [0.25, 0.3) is 0 Å². The fourth-order valence-electron chi connectivity index (χ4n) is 2.70. The first kappa shape index (κ1) is 17.7. The Labute approximate surface area is 160 Å². The maximum absolute atomic E-state index is 12.9.